The van der Waals surface area contributed by atoms with E-state index in [4.69, 9.17) is 23.3 Å². The van der Waals surface area contributed by atoms with E-state index in [0.29, 0.717) is 22.7 Å². The van der Waals surface area contributed by atoms with Crippen molar-refractivity contribution in [3.8, 4) is 0 Å². The molecule has 8 unspecified atom stereocenters. The zero-order valence-electron chi connectivity index (χ0n) is 37.3. The van der Waals surface area contributed by atoms with Gasteiger partial charge in [-0.3, -0.25) is 18.9 Å². The fraction of sp³-hybridized carbons (Fsp3) is 0.596. The number of rotatable bonds is 20. The summed E-state index contributed by atoms with van der Waals surface area (Å²) in [5.74, 6) is 1.79. The molecule has 0 N–H and O–H groups in total. The van der Waals surface area contributed by atoms with Gasteiger partial charge >= 0.3 is 25.5 Å². The molecule has 62 heavy (non-hydrogen) atoms. The Bertz CT molecular complexity index is 1910. The molecule has 7 rings (SSSR count). The molecule has 336 valence electrons. The molecule has 0 radical (unpaired) electrons. The van der Waals surface area contributed by atoms with Crippen molar-refractivity contribution in [3.05, 3.63) is 108 Å². The van der Waals surface area contributed by atoms with Gasteiger partial charge in [0.05, 0.1) is 25.3 Å². The maximum atomic E-state index is 14.4. The number of carbonyl (C=O) groups excluding carboxylic acids is 3. The molecule has 9 atom stereocenters. The Hall–Kier alpha value is -3.78. The minimum Gasteiger partial charge on any atom is -0.461 e. The topological polar surface area (TPSA) is 114 Å². The molecule has 0 spiro atoms. The molecule has 9 nitrogen and oxygen atoms in total. The first-order valence-electron chi connectivity index (χ1n) is 23.4. The van der Waals surface area contributed by atoms with Crippen LogP contribution >= 0.6 is 7.60 Å². The van der Waals surface area contributed by atoms with Gasteiger partial charge in [-0.05, 0) is 127 Å². The first kappa shape index (κ1) is 46.2. The first-order valence-corrected chi connectivity index (χ1v) is 25.2. The van der Waals surface area contributed by atoms with E-state index in [9.17, 15) is 18.9 Å². The molecule has 3 aromatic rings. The summed E-state index contributed by atoms with van der Waals surface area (Å²) in [7, 11) is -3.92. The third-order valence-corrected chi connectivity index (χ3v) is 17.8. The van der Waals surface area contributed by atoms with Gasteiger partial charge in [0.1, 0.15) is 6.61 Å². The Morgan fingerprint density at radius 1 is 0.629 bits per heavy atom. The van der Waals surface area contributed by atoms with E-state index in [1.54, 1.807) is 0 Å². The smallest absolute Gasteiger partial charge is 0.332 e. The van der Waals surface area contributed by atoms with Crippen LogP contribution in [0.4, 0.5) is 0 Å². The van der Waals surface area contributed by atoms with E-state index < -0.39 is 32.2 Å². The molecule has 0 saturated heterocycles. The largest absolute Gasteiger partial charge is 0.461 e. The number of fused-ring (bicyclic) bond motifs is 5. The zero-order chi connectivity index (χ0) is 43.6. The molecule has 0 bridgehead atoms. The van der Waals surface area contributed by atoms with E-state index in [1.807, 2.05) is 91.0 Å². The van der Waals surface area contributed by atoms with Gasteiger partial charge in [0.2, 0.25) is 6.79 Å². The number of hydrogen-bond acceptors (Lipinski definition) is 9. The summed E-state index contributed by atoms with van der Waals surface area (Å²) in [5, 5.41) is 0. The number of benzene rings is 3. The minimum absolute atomic E-state index is 0.00608. The number of carbonyl (C=O) groups is 3. The number of hydrogen-bond donors (Lipinski definition) is 0. The zero-order valence-corrected chi connectivity index (χ0v) is 38.2. The van der Waals surface area contributed by atoms with E-state index >= 15 is 0 Å². The van der Waals surface area contributed by atoms with Gasteiger partial charge in [-0.2, -0.15) is 0 Å². The van der Waals surface area contributed by atoms with E-state index in [2.05, 4.69) is 20.8 Å². The van der Waals surface area contributed by atoms with Crippen LogP contribution in [0.2, 0.25) is 0 Å². The van der Waals surface area contributed by atoms with Crippen LogP contribution in [0, 0.1) is 52.3 Å². The summed E-state index contributed by atoms with van der Waals surface area (Å²) in [6, 6.07) is 27.9. The lowest BCUT2D eigenvalue weighted by atomic mass is 9.44. The summed E-state index contributed by atoms with van der Waals surface area (Å²) >= 11 is 0. The third-order valence-electron chi connectivity index (χ3n) is 15.8. The number of esters is 3. The first-order chi connectivity index (χ1) is 30.0. The molecule has 4 fully saturated rings. The highest BCUT2D eigenvalue weighted by molar-refractivity contribution is 7.53. The SMILES string of the molecule is C[C@H](CCC(=O)OCOC(=O)CCC(CP(=O)(OCc1ccccc1)OCc1ccccc1)C(=O)OCc1ccccc1)C1CCC2C3CCC4CCCCC4(C)C3CCC21C. The Morgan fingerprint density at radius 3 is 1.81 bits per heavy atom. The van der Waals surface area contributed by atoms with Crippen molar-refractivity contribution in [2.45, 2.75) is 130 Å². The third kappa shape index (κ3) is 11.5. The van der Waals surface area contributed by atoms with Crippen molar-refractivity contribution in [3.63, 3.8) is 0 Å². The normalized spacial score (nSPS) is 27.8. The minimum atomic E-state index is -3.92. The molecule has 3 aromatic carbocycles. The Kier molecular flexibility index (Phi) is 15.9. The number of ether oxygens (including phenoxy) is 3. The molecular weight excluding hydrogens is 800 g/mol. The van der Waals surface area contributed by atoms with Crippen molar-refractivity contribution in [1.29, 1.82) is 0 Å². The van der Waals surface area contributed by atoms with E-state index in [1.165, 1.54) is 64.2 Å². The van der Waals surface area contributed by atoms with Crippen LogP contribution in [0.1, 0.15) is 127 Å². The second-order valence-corrected chi connectivity index (χ2v) is 21.5. The average Bonchev–Trinajstić information content (AvgIpc) is 3.65. The molecule has 4 saturated carbocycles. The van der Waals surface area contributed by atoms with Crippen LogP contribution in [0.15, 0.2) is 91.0 Å². The van der Waals surface area contributed by atoms with Gasteiger partial charge in [0, 0.05) is 12.8 Å². The van der Waals surface area contributed by atoms with Gasteiger partial charge in [0.15, 0.2) is 0 Å². The molecule has 0 amide bonds. The fourth-order valence-electron chi connectivity index (χ4n) is 12.5. The summed E-state index contributed by atoms with van der Waals surface area (Å²) in [5.41, 5.74) is 3.25. The lowest BCUT2D eigenvalue weighted by Gasteiger charge is -2.61. The van der Waals surface area contributed by atoms with Crippen LogP contribution in [0.3, 0.4) is 0 Å². The van der Waals surface area contributed by atoms with Crippen LogP contribution in [-0.4, -0.2) is 30.9 Å². The second-order valence-electron chi connectivity index (χ2n) is 19.4. The Morgan fingerprint density at radius 2 is 1.19 bits per heavy atom. The molecule has 0 aromatic heterocycles. The maximum Gasteiger partial charge on any atom is 0.332 e. The lowest BCUT2D eigenvalue weighted by molar-refractivity contribution is -0.167. The van der Waals surface area contributed by atoms with Crippen LogP contribution in [0.5, 0.6) is 0 Å². The standard InChI is InChI=1S/C52H69O9P/c1-38(45-26-27-46-44-25-24-43-21-13-14-31-51(43,2)47(44)30-32-52(45,46)3)22-28-48(53)58-37-59-49(54)29-23-42(50(55)57-33-39-15-7-4-8-16-39)36-62(56,60-34-40-17-9-5-10-18-40)61-35-41-19-11-6-12-20-41/h4-12,15-20,38,42-47H,13-14,21-37H2,1-3H3/t38-,42?,43?,44?,45?,46?,47?,51?,52?/m1/s1. The van der Waals surface area contributed by atoms with Crippen LogP contribution < -0.4 is 0 Å². The van der Waals surface area contributed by atoms with Crippen LogP contribution in [0.25, 0.3) is 0 Å². The van der Waals surface area contributed by atoms with Gasteiger partial charge in [-0.15, -0.1) is 0 Å². The summed E-state index contributed by atoms with van der Waals surface area (Å²) in [6.45, 7) is 7.05. The molecule has 0 aliphatic heterocycles. The molecule has 0 heterocycles. The Labute approximate surface area is 369 Å². The predicted octanol–water partition coefficient (Wildman–Crippen LogP) is 12.3. The second kappa shape index (κ2) is 21.3. The maximum absolute atomic E-state index is 14.4. The van der Waals surface area contributed by atoms with Gasteiger partial charge in [-0.1, -0.05) is 125 Å². The quantitative estimate of drug-likeness (QED) is 0.0622. The summed E-state index contributed by atoms with van der Waals surface area (Å²) in [4.78, 5) is 39.6. The van der Waals surface area contributed by atoms with Crippen LogP contribution in [-0.2, 0) is 62.0 Å². The van der Waals surface area contributed by atoms with Gasteiger partial charge < -0.3 is 23.3 Å². The van der Waals surface area contributed by atoms with E-state index in [-0.39, 0.29) is 51.2 Å². The molecule has 4 aliphatic rings. The highest BCUT2D eigenvalue weighted by Crippen LogP contribution is 2.68. The van der Waals surface area contributed by atoms with Crippen molar-refractivity contribution in [1.82, 2.24) is 0 Å². The summed E-state index contributed by atoms with van der Waals surface area (Å²) < 4.78 is 42.8. The van der Waals surface area contributed by atoms with Crippen molar-refractivity contribution < 1.29 is 42.2 Å². The van der Waals surface area contributed by atoms with Crippen molar-refractivity contribution >= 4 is 25.5 Å². The van der Waals surface area contributed by atoms with Crippen molar-refractivity contribution in [2.24, 2.45) is 52.3 Å². The van der Waals surface area contributed by atoms with Gasteiger partial charge in [0.25, 0.3) is 0 Å². The lowest BCUT2D eigenvalue weighted by Crippen LogP contribution is -2.53. The highest BCUT2D eigenvalue weighted by Gasteiger charge is 2.60. The Balaban J connectivity index is 0.895. The van der Waals surface area contributed by atoms with Gasteiger partial charge in [-0.25, -0.2) is 0 Å². The average molecular weight is 869 g/mol. The highest BCUT2D eigenvalue weighted by atomic mass is 31.2. The monoisotopic (exact) mass is 868 g/mol. The molecular formula is C52H69O9P. The fourth-order valence-corrected chi connectivity index (χ4v) is 14.3. The predicted molar refractivity (Wildman–Crippen MR) is 239 cm³/mol. The summed E-state index contributed by atoms with van der Waals surface area (Å²) in [6.07, 6.45) is 14.2. The molecule has 4 aliphatic carbocycles. The molecule has 10 heteroatoms. The van der Waals surface area contributed by atoms with Crippen molar-refractivity contribution in [2.75, 3.05) is 13.0 Å². The van der Waals surface area contributed by atoms with E-state index in [0.717, 1.165) is 46.8 Å².